The third kappa shape index (κ3) is 5.21. The van der Waals surface area contributed by atoms with Gasteiger partial charge in [-0.05, 0) is 31.2 Å². The average molecular weight is 330 g/mol. The monoisotopic (exact) mass is 329 g/mol. The van der Waals surface area contributed by atoms with Crippen molar-refractivity contribution in [3.05, 3.63) is 29.0 Å². The number of amides is 1. The minimum absolute atomic E-state index is 0.00407. The van der Waals surface area contributed by atoms with Crippen LogP contribution in [0.2, 0.25) is 5.02 Å². The molecule has 0 spiro atoms. The second kappa shape index (κ2) is 8.43. The SMILES string of the molecule is NCC[C@@H]1CN(CCC(=O)Nc2ccc(F)c(Cl)c2)CCO1. The summed E-state index contributed by atoms with van der Waals surface area (Å²) in [5.41, 5.74) is 6.04. The maximum atomic E-state index is 13.1. The number of nitrogens with one attached hydrogen (secondary N) is 1. The molecule has 0 aliphatic carbocycles. The zero-order valence-corrected chi connectivity index (χ0v) is 13.1. The first-order valence-corrected chi connectivity index (χ1v) is 7.75. The second-order valence-electron chi connectivity index (χ2n) is 5.30. The van der Waals surface area contributed by atoms with Gasteiger partial charge in [0.05, 0.1) is 17.7 Å². The quantitative estimate of drug-likeness (QED) is 0.836. The van der Waals surface area contributed by atoms with Gasteiger partial charge in [-0.2, -0.15) is 0 Å². The number of rotatable bonds is 6. The van der Waals surface area contributed by atoms with Crippen molar-refractivity contribution in [1.82, 2.24) is 4.90 Å². The molecule has 0 aromatic heterocycles. The van der Waals surface area contributed by atoms with E-state index in [1.165, 1.54) is 18.2 Å². The Labute approximate surface area is 134 Å². The van der Waals surface area contributed by atoms with Crippen molar-refractivity contribution in [3.63, 3.8) is 0 Å². The largest absolute Gasteiger partial charge is 0.376 e. The van der Waals surface area contributed by atoms with Gasteiger partial charge >= 0.3 is 0 Å². The van der Waals surface area contributed by atoms with Crippen molar-refractivity contribution in [2.75, 3.05) is 38.1 Å². The lowest BCUT2D eigenvalue weighted by atomic mass is 10.2. The average Bonchev–Trinajstić information content (AvgIpc) is 2.50. The maximum Gasteiger partial charge on any atom is 0.225 e. The first-order valence-electron chi connectivity index (χ1n) is 7.37. The lowest BCUT2D eigenvalue weighted by Gasteiger charge is -2.32. The van der Waals surface area contributed by atoms with Gasteiger partial charge in [0.1, 0.15) is 5.82 Å². The predicted molar refractivity (Wildman–Crippen MR) is 84.5 cm³/mol. The lowest BCUT2D eigenvalue weighted by Crippen LogP contribution is -2.44. The minimum Gasteiger partial charge on any atom is -0.376 e. The van der Waals surface area contributed by atoms with Gasteiger partial charge in [-0.15, -0.1) is 0 Å². The molecule has 0 radical (unpaired) electrons. The summed E-state index contributed by atoms with van der Waals surface area (Å²) in [4.78, 5) is 14.1. The van der Waals surface area contributed by atoms with Gasteiger partial charge in [-0.3, -0.25) is 9.69 Å². The van der Waals surface area contributed by atoms with Crippen LogP contribution in [0.1, 0.15) is 12.8 Å². The number of nitrogens with zero attached hydrogens (tertiary/aromatic N) is 1. The molecule has 7 heteroatoms. The number of hydrogen-bond donors (Lipinski definition) is 2. The Morgan fingerprint density at radius 3 is 3.09 bits per heavy atom. The highest BCUT2D eigenvalue weighted by molar-refractivity contribution is 6.31. The number of carbonyl (C=O) groups is 1. The highest BCUT2D eigenvalue weighted by Crippen LogP contribution is 2.19. The van der Waals surface area contributed by atoms with Gasteiger partial charge in [-0.25, -0.2) is 4.39 Å². The van der Waals surface area contributed by atoms with E-state index >= 15 is 0 Å². The molecule has 0 bridgehead atoms. The number of carbonyl (C=O) groups excluding carboxylic acids is 1. The number of hydrogen-bond acceptors (Lipinski definition) is 4. The van der Waals surface area contributed by atoms with Crippen LogP contribution in [0.3, 0.4) is 0 Å². The van der Waals surface area contributed by atoms with Crippen LogP contribution in [0.15, 0.2) is 18.2 Å². The molecule has 1 aromatic rings. The summed E-state index contributed by atoms with van der Waals surface area (Å²) in [7, 11) is 0. The topological polar surface area (TPSA) is 67.6 Å². The molecule has 0 unspecified atom stereocenters. The van der Waals surface area contributed by atoms with Crippen molar-refractivity contribution in [2.24, 2.45) is 5.73 Å². The van der Waals surface area contributed by atoms with E-state index in [4.69, 9.17) is 22.1 Å². The maximum absolute atomic E-state index is 13.1. The Bertz CT molecular complexity index is 514. The summed E-state index contributed by atoms with van der Waals surface area (Å²) in [6, 6.07) is 4.13. The number of halogens is 2. The molecule has 1 heterocycles. The van der Waals surface area contributed by atoms with E-state index in [9.17, 15) is 9.18 Å². The smallest absolute Gasteiger partial charge is 0.225 e. The molecule has 122 valence electrons. The van der Waals surface area contributed by atoms with Gasteiger partial charge in [0.25, 0.3) is 0 Å². The van der Waals surface area contributed by atoms with Gasteiger partial charge in [0, 0.05) is 31.7 Å². The molecule has 1 aromatic carbocycles. The Hall–Kier alpha value is -1.21. The normalized spacial score (nSPS) is 19.1. The summed E-state index contributed by atoms with van der Waals surface area (Å²) in [5.74, 6) is -0.622. The predicted octanol–water partition coefficient (Wildman–Crippen LogP) is 1.86. The Kier molecular flexibility index (Phi) is 6.57. The van der Waals surface area contributed by atoms with E-state index in [2.05, 4.69) is 10.2 Å². The van der Waals surface area contributed by atoms with Crippen molar-refractivity contribution in [2.45, 2.75) is 18.9 Å². The second-order valence-corrected chi connectivity index (χ2v) is 5.71. The molecule has 5 nitrogen and oxygen atoms in total. The van der Waals surface area contributed by atoms with E-state index < -0.39 is 5.82 Å². The molecular weight excluding hydrogens is 309 g/mol. The van der Waals surface area contributed by atoms with Crippen molar-refractivity contribution >= 4 is 23.2 Å². The van der Waals surface area contributed by atoms with Crippen LogP contribution in [0, 0.1) is 5.82 Å². The molecule has 1 atom stereocenters. The third-order valence-electron chi connectivity index (χ3n) is 3.57. The number of benzene rings is 1. The molecule has 1 saturated heterocycles. The standard InChI is InChI=1S/C15H21ClFN3O2/c16-13-9-11(1-2-14(13)17)19-15(21)4-6-20-7-8-22-12(10-20)3-5-18/h1-2,9,12H,3-8,10,18H2,(H,19,21)/t12-/m1/s1. The van der Waals surface area contributed by atoms with Crippen LogP contribution in [-0.2, 0) is 9.53 Å². The molecule has 1 aliphatic rings. The van der Waals surface area contributed by atoms with Gasteiger partial charge in [0.15, 0.2) is 0 Å². The Balaban J connectivity index is 1.76. The number of nitrogens with two attached hydrogens (primary N) is 1. The fraction of sp³-hybridized carbons (Fsp3) is 0.533. The van der Waals surface area contributed by atoms with Gasteiger partial charge in [-0.1, -0.05) is 11.6 Å². The summed E-state index contributed by atoms with van der Waals surface area (Å²) < 4.78 is 18.7. The van der Waals surface area contributed by atoms with E-state index in [1.54, 1.807) is 0 Å². The van der Waals surface area contributed by atoms with Gasteiger partial charge < -0.3 is 15.8 Å². The van der Waals surface area contributed by atoms with Crippen molar-refractivity contribution in [1.29, 1.82) is 0 Å². The van der Waals surface area contributed by atoms with Crippen LogP contribution in [0.4, 0.5) is 10.1 Å². The first-order chi connectivity index (χ1) is 10.6. The van der Waals surface area contributed by atoms with Gasteiger partial charge in [0.2, 0.25) is 5.91 Å². The highest BCUT2D eigenvalue weighted by Gasteiger charge is 2.20. The fourth-order valence-corrected chi connectivity index (χ4v) is 2.58. The van der Waals surface area contributed by atoms with Crippen molar-refractivity contribution in [3.8, 4) is 0 Å². The van der Waals surface area contributed by atoms with Crippen LogP contribution in [0.5, 0.6) is 0 Å². The Morgan fingerprint density at radius 2 is 2.36 bits per heavy atom. The lowest BCUT2D eigenvalue weighted by molar-refractivity contribution is -0.117. The molecule has 1 fully saturated rings. The molecule has 22 heavy (non-hydrogen) atoms. The van der Waals surface area contributed by atoms with E-state index in [0.717, 1.165) is 19.5 Å². The zero-order chi connectivity index (χ0) is 15.9. The van der Waals surface area contributed by atoms with E-state index in [-0.39, 0.29) is 17.0 Å². The molecular formula is C15H21ClFN3O2. The van der Waals surface area contributed by atoms with Crippen LogP contribution >= 0.6 is 11.6 Å². The summed E-state index contributed by atoms with van der Waals surface area (Å²) >= 11 is 5.68. The van der Waals surface area contributed by atoms with E-state index in [1.807, 2.05) is 0 Å². The van der Waals surface area contributed by atoms with Crippen LogP contribution in [0.25, 0.3) is 0 Å². The zero-order valence-electron chi connectivity index (χ0n) is 12.4. The number of anilines is 1. The molecule has 1 amide bonds. The Morgan fingerprint density at radius 1 is 1.55 bits per heavy atom. The molecule has 2 rings (SSSR count). The fourth-order valence-electron chi connectivity index (χ4n) is 2.40. The van der Waals surface area contributed by atoms with E-state index in [0.29, 0.717) is 31.8 Å². The number of morpholine rings is 1. The summed E-state index contributed by atoms with van der Waals surface area (Å²) in [5, 5.41) is 2.71. The molecule has 1 aliphatic heterocycles. The van der Waals surface area contributed by atoms with Crippen LogP contribution in [-0.4, -0.2) is 49.7 Å². The number of ether oxygens (including phenoxy) is 1. The minimum atomic E-state index is -0.501. The molecule has 3 N–H and O–H groups in total. The highest BCUT2D eigenvalue weighted by atomic mass is 35.5. The van der Waals surface area contributed by atoms with Crippen molar-refractivity contribution < 1.29 is 13.9 Å². The molecule has 0 saturated carbocycles. The van der Waals surface area contributed by atoms with Crippen LogP contribution < -0.4 is 11.1 Å². The third-order valence-corrected chi connectivity index (χ3v) is 3.86. The summed E-state index contributed by atoms with van der Waals surface area (Å²) in [6.45, 7) is 3.54. The summed E-state index contributed by atoms with van der Waals surface area (Å²) in [6.07, 6.45) is 1.35. The first kappa shape index (κ1) is 17.1.